The maximum absolute atomic E-state index is 4.35. The van der Waals surface area contributed by atoms with E-state index < -0.39 is 0 Å². The van der Waals surface area contributed by atoms with Crippen molar-refractivity contribution in [3.63, 3.8) is 0 Å². The highest BCUT2D eigenvalue weighted by Gasteiger charge is 2.18. The molecule has 1 heterocycles. The molecule has 11 heavy (non-hydrogen) atoms. The first-order valence-electron chi connectivity index (χ1n) is 3.83. The van der Waals surface area contributed by atoms with Gasteiger partial charge in [0.25, 0.3) is 0 Å². The van der Waals surface area contributed by atoms with Crippen LogP contribution in [0.4, 0.5) is 0 Å². The lowest BCUT2D eigenvalue weighted by atomic mass is 10.6. The smallest absolute Gasteiger partial charge is 0.196 e. The first kappa shape index (κ1) is 8.11. The Hall–Kier alpha value is -0.990. The highest BCUT2D eigenvalue weighted by molar-refractivity contribution is 5.81. The van der Waals surface area contributed by atoms with E-state index in [0.717, 1.165) is 19.0 Å². The van der Waals surface area contributed by atoms with Gasteiger partial charge in [0.05, 0.1) is 6.54 Å². The molecule has 0 unspecified atom stereocenters. The Morgan fingerprint density at radius 3 is 2.45 bits per heavy atom. The molecule has 0 amide bonds. The predicted molar refractivity (Wildman–Crippen MR) is 47.8 cm³/mol. The predicted octanol–water partition coefficient (Wildman–Crippen LogP) is 0.406. The van der Waals surface area contributed by atoms with Gasteiger partial charge in [-0.3, -0.25) is 0 Å². The summed E-state index contributed by atoms with van der Waals surface area (Å²) in [5, 5.41) is 0. The fourth-order valence-electron chi connectivity index (χ4n) is 1.18. The van der Waals surface area contributed by atoms with Crippen LogP contribution in [0, 0.1) is 0 Å². The summed E-state index contributed by atoms with van der Waals surface area (Å²) in [4.78, 5) is 8.67. The Balaban J connectivity index is 2.59. The Kier molecular flexibility index (Phi) is 2.52. The standard InChI is InChI=1S/C8H15N3/c1-4-5-9-8-10(2)6-7-11(8)3/h4H,1,5-7H2,2-3H3. The van der Waals surface area contributed by atoms with Crippen molar-refractivity contribution in [2.45, 2.75) is 0 Å². The SMILES string of the molecule is C=CCN=C1N(C)CCN1C. The summed E-state index contributed by atoms with van der Waals surface area (Å²) in [6.45, 7) is 6.49. The van der Waals surface area contributed by atoms with Crippen molar-refractivity contribution >= 4 is 5.96 Å². The van der Waals surface area contributed by atoms with E-state index in [2.05, 4.69) is 35.5 Å². The summed E-state index contributed by atoms with van der Waals surface area (Å²) in [5.41, 5.74) is 0. The highest BCUT2D eigenvalue weighted by Crippen LogP contribution is 2.02. The molecule has 1 aliphatic heterocycles. The van der Waals surface area contributed by atoms with Gasteiger partial charge in [-0.05, 0) is 0 Å². The lowest BCUT2D eigenvalue weighted by molar-refractivity contribution is 0.553. The largest absolute Gasteiger partial charge is 0.344 e. The monoisotopic (exact) mass is 153 g/mol. The van der Waals surface area contributed by atoms with Gasteiger partial charge in [-0.1, -0.05) is 6.08 Å². The quantitative estimate of drug-likeness (QED) is 0.535. The third kappa shape index (κ3) is 1.73. The fraction of sp³-hybridized carbons (Fsp3) is 0.625. The van der Waals surface area contributed by atoms with Gasteiger partial charge in [-0.25, -0.2) is 4.99 Å². The Morgan fingerprint density at radius 2 is 2.00 bits per heavy atom. The molecule has 0 bridgehead atoms. The Bertz CT molecular complexity index is 162. The lowest BCUT2D eigenvalue weighted by Gasteiger charge is -2.14. The normalized spacial score (nSPS) is 17.5. The van der Waals surface area contributed by atoms with Gasteiger partial charge in [-0.15, -0.1) is 6.58 Å². The van der Waals surface area contributed by atoms with Crippen molar-refractivity contribution in [3.8, 4) is 0 Å². The van der Waals surface area contributed by atoms with Gasteiger partial charge in [0.2, 0.25) is 0 Å². The van der Waals surface area contributed by atoms with Crippen LogP contribution in [-0.2, 0) is 0 Å². The minimum atomic E-state index is 0.712. The van der Waals surface area contributed by atoms with Crippen molar-refractivity contribution < 1.29 is 0 Å². The van der Waals surface area contributed by atoms with E-state index in [1.54, 1.807) is 0 Å². The minimum Gasteiger partial charge on any atom is -0.344 e. The zero-order valence-corrected chi connectivity index (χ0v) is 7.25. The maximum Gasteiger partial charge on any atom is 0.196 e. The molecule has 0 atom stereocenters. The van der Waals surface area contributed by atoms with Gasteiger partial charge in [0, 0.05) is 27.2 Å². The van der Waals surface area contributed by atoms with Crippen LogP contribution in [-0.4, -0.2) is 49.5 Å². The second-order valence-corrected chi connectivity index (χ2v) is 2.77. The summed E-state index contributed by atoms with van der Waals surface area (Å²) in [6, 6.07) is 0. The van der Waals surface area contributed by atoms with Gasteiger partial charge in [0.15, 0.2) is 5.96 Å². The molecular weight excluding hydrogens is 138 g/mol. The second kappa shape index (κ2) is 3.42. The van der Waals surface area contributed by atoms with Crippen LogP contribution in [0.15, 0.2) is 17.6 Å². The molecule has 0 aromatic rings. The van der Waals surface area contributed by atoms with E-state index in [4.69, 9.17) is 0 Å². The van der Waals surface area contributed by atoms with Crippen LogP contribution in [0.3, 0.4) is 0 Å². The number of guanidine groups is 1. The van der Waals surface area contributed by atoms with Gasteiger partial charge >= 0.3 is 0 Å². The van der Waals surface area contributed by atoms with Gasteiger partial charge < -0.3 is 9.80 Å². The van der Waals surface area contributed by atoms with Crippen LogP contribution in [0.25, 0.3) is 0 Å². The van der Waals surface area contributed by atoms with Crippen LogP contribution in [0.5, 0.6) is 0 Å². The van der Waals surface area contributed by atoms with Crippen molar-refractivity contribution in [1.29, 1.82) is 0 Å². The van der Waals surface area contributed by atoms with E-state index in [9.17, 15) is 0 Å². The molecule has 1 saturated heterocycles. The van der Waals surface area contributed by atoms with E-state index in [-0.39, 0.29) is 0 Å². The number of hydrogen-bond acceptors (Lipinski definition) is 1. The van der Waals surface area contributed by atoms with Crippen LogP contribution in [0.1, 0.15) is 0 Å². The summed E-state index contributed by atoms with van der Waals surface area (Å²) >= 11 is 0. The van der Waals surface area contributed by atoms with E-state index in [1.807, 2.05) is 6.08 Å². The molecule has 0 saturated carbocycles. The average Bonchev–Trinajstić information content (AvgIpc) is 2.29. The minimum absolute atomic E-state index is 0.712. The van der Waals surface area contributed by atoms with Crippen molar-refractivity contribution in [3.05, 3.63) is 12.7 Å². The van der Waals surface area contributed by atoms with Gasteiger partial charge in [0.1, 0.15) is 0 Å². The van der Waals surface area contributed by atoms with Gasteiger partial charge in [-0.2, -0.15) is 0 Å². The third-order valence-corrected chi connectivity index (χ3v) is 1.82. The summed E-state index contributed by atoms with van der Waals surface area (Å²) in [5.74, 6) is 1.07. The molecule has 0 radical (unpaired) electrons. The van der Waals surface area contributed by atoms with Crippen molar-refractivity contribution in [2.75, 3.05) is 33.7 Å². The van der Waals surface area contributed by atoms with E-state index in [1.165, 1.54) is 0 Å². The topological polar surface area (TPSA) is 18.8 Å². The second-order valence-electron chi connectivity index (χ2n) is 2.77. The molecule has 1 fully saturated rings. The molecular formula is C8H15N3. The summed E-state index contributed by atoms with van der Waals surface area (Å²) in [7, 11) is 4.12. The number of nitrogens with zero attached hydrogens (tertiary/aromatic N) is 3. The molecule has 0 aromatic carbocycles. The summed E-state index contributed by atoms with van der Waals surface area (Å²) in [6.07, 6.45) is 1.81. The molecule has 3 nitrogen and oxygen atoms in total. The molecule has 0 spiro atoms. The van der Waals surface area contributed by atoms with Crippen molar-refractivity contribution in [2.24, 2.45) is 4.99 Å². The first-order chi connectivity index (χ1) is 5.25. The first-order valence-corrected chi connectivity index (χ1v) is 3.83. The number of likely N-dealkylation sites (N-methyl/N-ethyl adjacent to an activating group) is 2. The number of hydrogen-bond donors (Lipinski definition) is 0. The molecule has 1 rings (SSSR count). The van der Waals surface area contributed by atoms with Crippen molar-refractivity contribution in [1.82, 2.24) is 9.80 Å². The molecule has 1 aliphatic rings. The molecule has 0 aliphatic carbocycles. The highest BCUT2D eigenvalue weighted by atomic mass is 15.4. The Labute approximate surface area is 68.0 Å². The zero-order chi connectivity index (χ0) is 8.27. The molecule has 0 N–H and O–H groups in total. The number of rotatable bonds is 2. The third-order valence-electron chi connectivity index (χ3n) is 1.82. The average molecular weight is 153 g/mol. The van der Waals surface area contributed by atoms with Crippen LogP contribution < -0.4 is 0 Å². The maximum atomic E-state index is 4.35. The fourth-order valence-corrected chi connectivity index (χ4v) is 1.18. The zero-order valence-electron chi connectivity index (χ0n) is 7.25. The van der Waals surface area contributed by atoms with Crippen LogP contribution >= 0.6 is 0 Å². The van der Waals surface area contributed by atoms with E-state index >= 15 is 0 Å². The Morgan fingerprint density at radius 1 is 1.45 bits per heavy atom. The molecule has 0 aromatic heterocycles. The van der Waals surface area contributed by atoms with E-state index in [0.29, 0.717) is 6.54 Å². The van der Waals surface area contributed by atoms with Crippen LogP contribution in [0.2, 0.25) is 0 Å². The molecule has 62 valence electrons. The number of aliphatic imine (C=N–C) groups is 1. The summed E-state index contributed by atoms with van der Waals surface area (Å²) < 4.78 is 0. The molecule has 3 heteroatoms. The lowest BCUT2D eigenvalue weighted by Crippen LogP contribution is -2.28.